The number of likely N-dealkylation sites (tertiary alicyclic amines) is 1. The first-order valence-electron chi connectivity index (χ1n) is 7.00. The van der Waals surface area contributed by atoms with Gasteiger partial charge >= 0.3 is 12.0 Å². The number of rotatable bonds is 2. The lowest BCUT2D eigenvalue weighted by molar-refractivity contribution is 0.0697. The first-order valence-corrected chi connectivity index (χ1v) is 7.38. The zero-order valence-corrected chi connectivity index (χ0v) is 12.9. The van der Waals surface area contributed by atoms with Crippen LogP contribution in [0.25, 0.3) is 0 Å². The number of nitrogens with zero attached hydrogens (tertiary/aromatic N) is 1. The molecule has 2 rings (SSSR count). The quantitative estimate of drug-likeness (QED) is 0.875. The number of hydrogen-bond donors (Lipinski definition) is 2. The smallest absolute Gasteiger partial charge is 0.337 e. The fourth-order valence-electron chi connectivity index (χ4n) is 2.58. The van der Waals surface area contributed by atoms with Gasteiger partial charge in [-0.3, -0.25) is 0 Å². The molecule has 2 unspecified atom stereocenters. The van der Waals surface area contributed by atoms with E-state index in [1.807, 2.05) is 11.8 Å². The van der Waals surface area contributed by atoms with Crippen LogP contribution < -0.4 is 5.32 Å². The third-order valence-electron chi connectivity index (χ3n) is 4.09. The van der Waals surface area contributed by atoms with Crippen LogP contribution in [-0.4, -0.2) is 34.6 Å². The van der Waals surface area contributed by atoms with Crippen molar-refractivity contribution in [3.05, 3.63) is 28.8 Å². The Morgan fingerprint density at radius 1 is 1.38 bits per heavy atom. The van der Waals surface area contributed by atoms with Gasteiger partial charge < -0.3 is 15.3 Å². The Hall–Kier alpha value is -1.75. The van der Waals surface area contributed by atoms with E-state index in [1.54, 1.807) is 6.07 Å². The highest BCUT2D eigenvalue weighted by Crippen LogP contribution is 2.25. The van der Waals surface area contributed by atoms with Gasteiger partial charge in [0, 0.05) is 18.3 Å². The van der Waals surface area contributed by atoms with Crippen molar-refractivity contribution in [1.29, 1.82) is 0 Å². The minimum absolute atomic E-state index is 0.0228. The summed E-state index contributed by atoms with van der Waals surface area (Å²) in [4.78, 5) is 25.0. The van der Waals surface area contributed by atoms with Crippen molar-refractivity contribution in [1.82, 2.24) is 4.90 Å². The first-order chi connectivity index (χ1) is 9.90. The second-order valence-electron chi connectivity index (χ2n) is 5.48. The van der Waals surface area contributed by atoms with E-state index < -0.39 is 5.97 Å². The molecule has 1 fully saturated rings. The summed E-state index contributed by atoms with van der Waals surface area (Å²) in [6.45, 7) is 4.92. The molecule has 1 aromatic carbocycles. The van der Waals surface area contributed by atoms with Crippen LogP contribution >= 0.6 is 11.6 Å². The maximum absolute atomic E-state index is 12.3. The third-order valence-corrected chi connectivity index (χ3v) is 4.40. The first kappa shape index (κ1) is 15.6. The molecule has 5 nitrogen and oxygen atoms in total. The van der Waals surface area contributed by atoms with Gasteiger partial charge in [-0.2, -0.15) is 0 Å². The van der Waals surface area contributed by atoms with Crippen LogP contribution in [-0.2, 0) is 0 Å². The molecule has 0 radical (unpaired) electrons. The molecule has 0 saturated carbocycles. The molecule has 0 spiro atoms. The van der Waals surface area contributed by atoms with Crippen LogP contribution in [0.2, 0.25) is 5.02 Å². The molecule has 1 saturated heterocycles. The van der Waals surface area contributed by atoms with Gasteiger partial charge in [-0.05, 0) is 43.9 Å². The highest BCUT2D eigenvalue weighted by atomic mass is 35.5. The SMILES string of the molecule is CC1CCCN(C(=O)Nc2ccc(C(=O)O)c(Cl)c2)C1C. The zero-order valence-electron chi connectivity index (χ0n) is 12.1. The summed E-state index contributed by atoms with van der Waals surface area (Å²) in [5.74, 6) is -0.612. The van der Waals surface area contributed by atoms with Gasteiger partial charge in [-0.25, -0.2) is 9.59 Å². The predicted molar refractivity (Wildman–Crippen MR) is 82.0 cm³/mol. The number of benzene rings is 1. The summed E-state index contributed by atoms with van der Waals surface area (Å²) in [5, 5.41) is 11.8. The molecule has 21 heavy (non-hydrogen) atoms. The van der Waals surface area contributed by atoms with Crippen molar-refractivity contribution in [2.75, 3.05) is 11.9 Å². The number of aromatic carboxylic acids is 1. The number of carbonyl (C=O) groups is 2. The van der Waals surface area contributed by atoms with Gasteiger partial charge in [0.25, 0.3) is 0 Å². The van der Waals surface area contributed by atoms with E-state index in [4.69, 9.17) is 16.7 Å². The minimum Gasteiger partial charge on any atom is -0.478 e. The number of carboxylic acid groups (broad SMARTS) is 1. The Labute approximate surface area is 128 Å². The van der Waals surface area contributed by atoms with Gasteiger partial charge in [-0.15, -0.1) is 0 Å². The highest BCUT2D eigenvalue weighted by molar-refractivity contribution is 6.33. The third kappa shape index (κ3) is 3.47. The molecular weight excluding hydrogens is 292 g/mol. The van der Waals surface area contributed by atoms with Crippen molar-refractivity contribution in [3.63, 3.8) is 0 Å². The molecule has 2 N–H and O–H groups in total. The lowest BCUT2D eigenvalue weighted by Gasteiger charge is -2.37. The van der Waals surface area contributed by atoms with Crippen LogP contribution in [0, 0.1) is 5.92 Å². The van der Waals surface area contributed by atoms with Gasteiger partial charge in [0.15, 0.2) is 0 Å². The van der Waals surface area contributed by atoms with Crippen molar-refractivity contribution in [3.8, 4) is 0 Å². The summed E-state index contributed by atoms with van der Waals surface area (Å²) in [7, 11) is 0. The molecule has 1 heterocycles. The van der Waals surface area contributed by atoms with Crippen molar-refractivity contribution in [2.45, 2.75) is 32.7 Å². The maximum Gasteiger partial charge on any atom is 0.337 e. The van der Waals surface area contributed by atoms with Gasteiger partial charge in [0.2, 0.25) is 0 Å². The number of halogens is 1. The van der Waals surface area contributed by atoms with E-state index in [0.29, 0.717) is 11.6 Å². The molecule has 6 heteroatoms. The van der Waals surface area contributed by atoms with E-state index in [2.05, 4.69) is 12.2 Å². The number of anilines is 1. The van der Waals surface area contributed by atoms with Crippen LogP contribution in [0.15, 0.2) is 18.2 Å². The fourth-order valence-corrected chi connectivity index (χ4v) is 2.85. The standard InChI is InChI=1S/C15H19ClN2O3/c1-9-4-3-7-18(10(9)2)15(21)17-11-5-6-12(14(19)20)13(16)8-11/h5-6,8-10H,3-4,7H2,1-2H3,(H,17,21)(H,19,20). The summed E-state index contributed by atoms with van der Waals surface area (Å²) >= 11 is 5.90. The van der Waals surface area contributed by atoms with Gasteiger partial charge in [-0.1, -0.05) is 18.5 Å². The Kier molecular flexibility index (Phi) is 4.73. The van der Waals surface area contributed by atoms with E-state index in [0.717, 1.165) is 19.4 Å². The summed E-state index contributed by atoms with van der Waals surface area (Å²) in [5.41, 5.74) is 0.523. The van der Waals surface area contributed by atoms with Gasteiger partial charge in [0.1, 0.15) is 0 Å². The molecular formula is C15H19ClN2O3. The molecule has 114 valence electrons. The van der Waals surface area contributed by atoms with E-state index in [-0.39, 0.29) is 22.7 Å². The van der Waals surface area contributed by atoms with E-state index in [9.17, 15) is 9.59 Å². The van der Waals surface area contributed by atoms with Crippen molar-refractivity contribution in [2.24, 2.45) is 5.92 Å². The molecule has 0 bridgehead atoms. The lowest BCUT2D eigenvalue weighted by Crippen LogP contribution is -2.47. The van der Waals surface area contributed by atoms with Crippen LogP contribution in [0.4, 0.5) is 10.5 Å². The zero-order chi connectivity index (χ0) is 15.6. The summed E-state index contributed by atoms with van der Waals surface area (Å²) in [6.07, 6.45) is 2.13. The summed E-state index contributed by atoms with van der Waals surface area (Å²) in [6, 6.07) is 4.41. The number of hydrogen-bond acceptors (Lipinski definition) is 2. The number of amides is 2. The molecule has 1 aliphatic rings. The number of carboxylic acids is 1. The molecule has 2 amide bonds. The Balaban J connectivity index is 2.09. The van der Waals surface area contributed by atoms with Crippen molar-refractivity contribution < 1.29 is 14.7 Å². The minimum atomic E-state index is -1.09. The Bertz CT molecular complexity index is 562. The lowest BCUT2D eigenvalue weighted by atomic mass is 9.92. The molecule has 0 aliphatic carbocycles. The number of carbonyl (C=O) groups excluding carboxylic acids is 1. The summed E-state index contributed by atoms with van der Waals surface area (Å²) < 4.78 is 0. The second kappa shape index (κ2) is 6.35. The Morgan fingerprint density at radius 2 is 2.10 bits per heavy atom. The van der Waals surface area contributed by atoms with Crippen LogP contribution in [0.5, 0.6) is 0 Å². The molecule has 2 atom stereocenters. The second-order valence-corrected chi connectivity index (χ2v) is 5.89. The average molecular weight is 311 g/mol. The normalized spacial score (nSPS) is 22.0. The van der Waals surface area contributed by atoms with Crippen LogP contribution in [0.3, 0.4) is 0 Å². The Morgan fingerprint density at radius 3 is 2.71 bits per heavy atom. The predicted octanol–water partition coefficient (Wildman–Crippen LogP) is 3.69. The largest absolute Gasteiger partial charge is 0.478 e. The average Bonchev–Trinajstić information content (AvgIpc) is 2.41. The molecule has 0 aromatic heterocycles. The van der Waals surface area contributed by atoms with E-state index >= 15 is 0 Å². The monoisotopic (exact) mass is 310 g/mol. The topological polar surface area (TPSA) is 69.6 Å². The van der Waals surface area contributed by atoms with Gasteiger partial charge in [0.05, 0.1) is 10.6 Å². The maximum atomic E-state index is 12.3. The number of urea groups is 1. The molecule has 1 aliphatic heterocycles. The van der Waals surface area contributed by atoms with Crippen LogP contribution in [0.1, 0.15) is 37.0 Å². The number of piperidine rings is 1. The highest BCUT2D eigenvalue weighted by Gasteiger charge is 2.28. The van der Waals surface area contributed by atoms with Crippen molar-refractivity contribution >= 4 is 29.3 Å². The van der Waals surface area contributed by atoms with E-state index in [1.165, 1.54) is 12.1 Å². The fraction of sp³-hybridized carbons (Fsp3) is 0.467. The number of nitrogens with one attached hydrogen (secondary N) is 1. The molecule has 1 aromatic rings.